The van der Waals surface area contributed by atoms with Crippen molar-refractivity contribution in [3.8, 4) is 17.1 Å². The number of thioether (sulfide) groups is 1. The summed E-state index contributed by atoms with van der Waals surface area (Å²) in [6.45, 7) is 7.65. The van der Waals surface area contributed by atoms with E-state index >= 15 is 0 Å². The number of hydrogen-bond donors (Lipinski definition) is 2. The van der Waals surface area contributed by atoms with Gasteiger partial charge in [0, 0.05) is 11.6 Å². The van der Waals surface area contributed by atoms with Gasteiger partial charge in [0.25, 0.3) is 0 Å². The van der Waals surface area contributed by atoms with Gasteiger partial charge >= 0.3 is 6.03 Å². The Morgan fingerprint density at radius 1 is 1.13 bits per heavy atom. The summed E-state index contributed by atoms with van der Waals surface area (Å²) in [5.41, 5.74) is 3.75. The van der Waals surface area contributed by atoms with Gasteiger partial charge in [-0.05, 0) is 57.0 Å². The van der Waals surface area contributed by atoms with Crippen molar-refractivity contribution in [1.82, 2.24) is 25.4 Å². The standard InChI is InChI=1S/C22H24ClN5O2S/c1-13(2)24-21(30)25-19(29)12-31-22-27-26-20(16-7-5-6-8-17(16)23)28(22)18-11-14(3)9-10-15(18)4/h5-11,13H,12H2,1-4H3,(H2,24,25,29,30). The molecule has 2 N–H and O–H groups in total. The normalized spacial score (nSPS) is 10.9. The van der Waals surface area contributed by atoms with E-state index < -0.39 is 11.9 Å². The summed E-state index contributed by atoms with van der Waals surface area (Å²) in [4.78, 5) is 24.0. The molecule has 162 valence electrons. The summed E-state index contributed by atoms with van der Waals surface area (Å²) < 4.78 is 1.90. The van der Waals surface area contributed by atoms with Crippen LogP contribution in [0.25, 0.3) is 17.1 Å². The molecule has 3 aromatic rings. The number of aromatic nitrogens is 3. The second-order valence-corrected chi connectivity index (χ2v) is 8.73. The summed E-state index contributed by atoms with van der Waals surface area (Å²) in [7, 11) is 0. The highest BCUT2D eigenvalue weighted by Gasteiger charge is 2.20. The average Bonchev–Trinajstić information content (AvgIpc) is 3.11. The minimum absolute atomic E-state index is 0.0109. The van der Waals surface area contributed by atoms with Crippen LogP contribution in [0.1, 0.15) is 25.0 Å². The van der Waals surface area contributed by atoms with Gasteiger partial charge in [-0.15, -0.1) is 10.2 Å². The van der Waals surface area contributed by atoms with Crippen LogP contribution in [0.4, 0.5) is 4.79 Å². The number of benzene rings is 2. The van der Waals surface area contributed by atoms with Crippen LogP contribution in [-0.4, -0.2) is 38.5 Å². The molecule has 7 nitrogen and oxygen atoms in total. The van der Waals surface area contributed by atoms with E-state index in [1.54, 1.807) is 6.07 Å². The fraction of sp³-hybridized carbons (Fsp3) is 0.273. The summed E-state index contributed by atoms with van der Waals surface area (Å²) in [5, 5.41) is 14.7. The van der Waals surface area contributed by atoms with E-state index in [0.717, 1.165) is 22.4 Å². The van der Waals surface area contributed by atoms with Crippen molar-refractivity contribution in [1.29, 1.82) is 0 Å². The molecule has 0 radical (unpaired) electrons. The van der Waals surface area contributed by atoms with Gasteiger partial charge in [0.2, 0.25) is 5.91 Å². The Morgan fingerprint density at radius 3 is 2.58 bits per heavy atom. The zero-order valence-corrected chi connectivity index (χ0v) is 19.3. The highest BCUT2D eigenvalue weighted by atomic mass is 35.5. The molecule has 1 aromatic heterocycles. The molecular formula is C22H24ClN5O2S. The van der Waals surface area contributed by atoms with Gasteiger partial charge in [0.15, 0.2) is 11.0 Å². The van der Waals surface area contributed by atoms with E-state index in [2.05, 4.69) is 20.8 Å². The monoisotopic (exact) mass is 457 g/mol. The predicted molar refractivity (Wildman–Crippen MR) is 124 cm³/mol. The number of urea groups is 1. The summed E-state index contributed by atoms with van der Waals surface area (Å²) >= 11 is 7.63. The van der Waals surface area contributed by atoms with Crippen molar-refractivity contribution in [3.05, 3.63) is 58.6 Å². The number of nitrogens with one attached hydrogen (secondary N) is 2. The quantitative estimate of drug-likeness (QED) is 0.531. The van der Waals surface area contributed by atoms with Crippen LogP contribution in [0.3, 0.4) is 0 Å². The fourth-order valence-corrected chi connectivity index (χ4v) is 3.91. The lowest BCUT2D eigenvalue weighted by Crippen LogP contribution is -2.43. The van der Waals surface area contributed by atoms with Gasteiger partial charge in [0.1, 0.15) is 0 Å². The minimum Gasteiger partial charge on any atom is -0.336 e. The first kappa shape index (κ1) is 22.8. The molecule has 0 fully saturated rings. The predicted octanol–water partition coefficient (Wildman–Crippen LogP) is 4.53. The van der Waals surface area contributed by atoms with Crippen LogP contribution in [0.15, 0.2) is 47.6 Å². The first-order valence-electron chi connectivity index (χ1n) is 9.77. The summed E-state index contributed by atoms with van der Waals surface area (Å²) in [6.07, 6.45) is 0. The van der Waals surface area contributed by atoms with Crippen LogP contribution in [-0.2, 0) is 4.79 Å². The topological polar surface area (TPSA) is 88.9 Å². The number of aryl methyl sites for hydroxylation is 2. The summed E-state index contributed by atoms with van der Waals surface area (Å²) in [5.74, 6) is 0.175. The highest BCUT2D eigenvalue weighted by Crippen LogP contribution is 2.33. The van der Waals surface area contributed by atoms with Gasteiger partial charge < -0.3 is 5.32 Å². The maximum Gasteiger partial charge on any atom is 0.321 e. The van der Waals surface area contributed by atoms with E-state index in [0.29, 0.717) is 16.0 Å². The Labute approximate surface area is 190 Å². The first-order valence-corrected chi connectivity index (χ1v) is 11.1. The molecule has 0 aliphatic heterocycles. The molecule has 0 saturated carbocycles. The maximum atomic E-state index is 12.2. The number of carbonyl (C=O) groups excluding carboxylic acids is 2. The zero-order valence-electron chi connectivity index (χ0n) is 17.8. The van der Waals surface area contributed by atoms with Crippen molar-refractivity contribution < 1.29 is 9.59 Å². The number of carbonyl (C=O) groups is 2. The SMILES string of the molecule is Cc1ccc(C)c(-n2c(SCC(=O)NC(=O)NC(C)C)nnc2-c2ccccc2Cl)c1. The zero-order chi connectivity index (χ0) is 22.5. The maximum absolute atomic E-state index is 12.2. The lowest BCUT2D eigenvalue weighted by molar-refractivity contribution is -0.117. The Kier molecular flexibility index (Phi) is 7.35. The van der Waals surface area contributed by atoms with E-state index in [1.807, 2.05) is 68.7 Å². The third-order valence-corrected chi connectivity index (χ3v) is 5.62. The molecule has 3 amide bonds. The van der Waals surface area contributed by atoms with Crippen molar-refractivity contribution in [2.24, 2.45) is 0 Å². The Morgan fingerprint density at radius 2 is 1.87 bits per heavy atom. The largest absolute Gasteiger partial charge is 0.336 e. The van der Waals surface area contributed by atoms with E-state index in [1.165, 1.54) is 11.8 Å². The third kappa shape index (κ3) is 5.65. The van der Waals surface area contributed by atoms with Crippen LogP contribution in [0.5, 0.6) is 0 Å². The molecule has 0 saturated heterocycles. The van der Waals surface area contributed by atoms with E-state index in [-0.39, 0.29) is 11.8 Å². The molecule has 0 aliphatic carbocycles. The molecule has 2 aromatic carbocycles. The highest BCUT2D eigenvalue weighted by molar-refractivity contribution is 7.99. The molecule has 0 atom stereocenters. The molecular weight excluding hydrogens is 434 g/mol. The lowest BCUT2D eigenvalue weighted by atomic mass is 10.1. The molecule has 0 spiro atoms. The lowest BCUT2D eigenvalue weighted by Gasteiger charge is -2.14. The van der Waals surface area contributed by atoms with Gasteiger partial charge in [-0.2, -0.15) is 0 Å². The van der Waals surface area contributed by atoms with Crippen molar-refractivity contribution in [2.45, 2.75) is 38.9 Å². The fourth-order valence-electron chi connectivity index (χ4n) is 2.95. The minimum atomic E-state index is -0.520. The van der Waals surface area contributed by atoms with Crippen molar-refractivity contribution in [3.63, 3.8) is 0 Å². The summed E-state index contributed by atoms with van der Waals surface area (Å²) in [6, 6.07) is 12.9. The molecule has 9 heteroatoms. The number of hydrogen-bond acceptors (Lipinski definition) is 5. The molecule has 0 aliphatic rings. The second-order valence-electron chi connectivity index (χ2n) is 7.38. The van der Waals surface area contributed by atoms with Gasteiger partial charge in [0.05, 0.1) is 16.5 Å². The number of nitrogens with zero attached hydrogens (tertiary/aromatic N) is 3. The number of halogens is 1. The third-order valence-electron chi connectivity index (χ3n) is 4.36. The van der Waals surface area contributed by atoms with Gasteiger partial charge in [-0.25, -0.2) is 4.79 Å². The average molecular weight is 458 g/mol. The first-order chi connectivity index (χ1) is 14.8. The van der Waals surface area contributed by atoms with Gasteiger partial charge in [-0.1, -0.05) is 47.6 Å². The van der Waals surface area contributed by atoms with Crippen LogP contribution >= 0.6 is 23.4 Å². The molecule has 31 heavy (non-hydrogen) atoms. The Balaban J connectivity index is 1.94. The molecule has 0 bridgehead atoms. The van der Waals surface area contributed by atoms with Crippen molar-refractivity contribution >= 4 is 35.3 Å². The van der Waals surface area contributed by atoms with Crippen LogP contribution < -0.4 is 10.6 Å². The smallest absolute Gasteiger partial charge is 0.321 e. The molecule has 0 unspecified atom stereocenters. The number of imide groups is 1. The van der Waals surface area contributed by atoms with Crippen LogP contribution in [0, 0.1) is 13.8 Å². The Hall–Kier alpha value is -2.84. The van der Waals surface area contributed by atoms with Crippen LogP contribution in [0.2, 0.25) is 5.02 Å². The van der Waals surface area contributed by atoms with E-state index in [4.69, 9.17) is 11.6 Å². The Bertz CT molecular complexity index is 1110. The van der Waals surface area contributed by atoms with Gasteiger partial charge in [-0.3, -0.25) is 14.7 Å². The number of amides is 3. The molecule has 1 heterocycles. The van der Waals surface area contributed by atoms with E-state index in [9.17, 15) is 9.59 Å². The van der Waals surface area contributed by atoms with Crippen molar-refractivity contribution in [2.75, 3.05) is 5.75 Å². The molecule has 3 rings (SSSR count). The second kappa shape index (κ2) is 9.98. The number of rotatable bonds is 6.